The molecule has 3 aliphatic rings. The lowest BCUT2D eigenvalue weighted by atomic mass is 9.49. The van der Waals surface area contributed by atoms with Gasteiger partial charge >= 0.3 is 0 Å². The minimum absolute atomic E-state index is 0.0196. The molecule has 0 bridgehead atoms. The van der Waals surface area contributed by atoms with Crippen LogP contribution in [0.3, 0.4) is 0 Å². The van der Waals surface area contributed by atoms with Crippen molar-refractivity contribution in [3.05, 3.63) is 0 Å². The Bertz CT molecular complexity index is 743. The monoisotopic (exact) mass is 516 g/mol. The molecule has 0 spiro atoms. The number of nitrogens with two attached hydrogens (primary N) is 1. The fraction of sp³-hybridized carbons (Fsp3) is 0.903. The molecule has 0 aliphatic heterocycles. The lowest BCUT2D eigenvalue weighted by molar-refractivity contribution is -0.124. The van der Waals surface area contributed by atoms with E-state index in [1.54, 1.807) is 0 Å². The topological polar surface area (TPSA) is 108 Å². The summed E-state index contributed by atoms with van der Waals surface area (Å²) >= 11 is 0. The zero-order valence-corrected chi connectivity index (χ0v) is 24.0. The molecule has 8 atom stereocenters. The van der Waals surface area contributed by atoms with Gasteiger partial charge in [-0.3, -0.25) is 10.2 Å². The summed E-state index contributed by atoms with van der Waals surface area (Å²) < 4.78 is 0. The Morgan fingerprint density at radius 3 is 2.59 bits per heavy atom. The molecule has 7 unspecified atom stereocenters. The van der Waals surface area contributed by atoms with Crippen LogP contribution in [0, 0.1) is 46.3 Å². The first-order chi connectivity index (χ1) is 17.8. The summed E-state index contributed by atoms with van der Waals surface area (Å²) in [6.45, 7) is 8.15. The van der Waals surface area contributed by atoms with Crippen molar-refractivity contribution in [3.63, 3.8) is 0 Å². The molecule has 0 radical (unpaired) electrons. The van der Waals surface area contributed by atoms with Crippen molar-refractivity contribution in [2.75, 3.05) is 6.54 Å². The highest BCUT2D eigenvalue weighted by atomic mass is 16.2. The van der Waals surface area contributed by atoms with E-state index in [9.17, 15) is 9.59 Å². The quantitative estimate of drug-likeness (QED) is 0.0957. The minimum Gasteiger partial charge on any atom is -0.370 e. The van der Waals surface area contributed by atoms with Crippen LogP contribution in [0.2, 0.25) is 0 Å². The van der Waals surface area contributed by atoms with Gasteiger partial charge in [-0.1, -0.05) is 52.9 Å². The first-order valence-corrected chi connectivity index (χ1v) is 15.6. The van der Waals surface area contributed by atoms with Gasteiger partial charge in [0.1, 0.15) is 6.29 Å². The third kappa shape index (κ3) is 7.95. The third-order valence-corrected chi connectivity index (χ3v) is 10.8. The summed E-state index contributed by atoms with van der Waals surface area (Å²) in [5, 5.41) is 12.8. The van der Waals surface area contributed by atoms with E-state index < -0.39 is 6.04 Å². The van der Waals surface area contributed by atoms with Crippen LogP contribution in [-0.2, 0) is 9.59 Å². The lowest BCUT2D eigenvalue weighted by Crippen LogP contribution is -2.47. The number of nitrogens with one attached hydrogen (secondary N) is 3. The number of hydrogen-bond acceptors (Lipinski definition) is 3. The van der Waals surface area contributed by atoms with Crippen molar-refractivity contribution >= 4 is 18.2 Å². The number of carbonyl (C=O) groups is 2. The second-order valence-corrected chi connectivity index (χ2v) is 13.0. The second-order valence-electron chi connectivity index (χ2n) is 13.0. The summed E-state index contributed by atoms with van der Waals surface area (Å²) in [5.74, 6) is 5.26. The summed E-state index contributed by atoms with van der Waals surface area (Å²) in [5.41, 5.74) is 5.86. The van der Waals surface area contributed by atoms with Crippen molar-refractivity contribution in [2.45, 2.75) is 130 Å². The Labute approximate surface area is 226 Å². The average Bonchev–Trinajstić information content (AvgIpc) is 3.23. The van der Waals surface area contributed by atoms with Crippen LogP contribution in [0.4, 0.5) is 0 Å². The van der Waals surface area contributed by atoms with Gasteiger partial charge in [-0.15, -0.1) is 0 Å². The first kappa shape index (κ1) is 30.0. The fourth-order valence-electron chi connectivity index (χ4n) is 8.83. The van der Waals surface area contributed by atoms with Gasteiger partial charge in [-0.25, -0.2) is 0 Å². The summed E-state index contributed by atoms with van der Waals surface area (Å²) in [7, 11) is 0. The average molecular weight is 517 g/mol. The number of amides is 1. The van der Waals surface area contributed by atoms with Crippen LogP contribution in [0.1, 0.15) is 124 Å². The van der Waals surface area contributed by atoms with E-state index in [0.717, 1.165) is 54.6 Å². The van der Waals surface area contributed by atoms with Crippen LogP contribution in [0.15, 0.2) is 0 Å². The van der Waals surface area contributed by atoms with Gasteiger partial charge in [0.2, 0.25) is 5.91 Å². The number of rotatable bonds is 14. The standard InChI is InChI=1S/C31H56N4O2/c1-4-10-28-27(18-16-24-12-7-8-19-31(24,28)3)26-17-15-23(22(26)2)11-5-6-14-29(37)35-25(21-36)13-9-20-34-30(32)33/h21-28H,4-20H2,1-3H3,(H,35,37)(H4,32,33,34)/t22?,23?,24?,25?,26?,27?,28?,31-/m0/s1. The van der Waals surface area contributed by atoms with Crippen LogP contribution in [-0.4, -0.2) is 30.7 Å². The number of unbranched alkanes of at least 4 members (excludes halogenated alkanes) is 1. The molecular weight excluding hydrogens is 460 g/mol. The highest BCUT2D eigenvalue weighted by molar-refractivity contribution is 5.79. The van der Waals surface area contributed by atoms with Gasteiger partial charge in [-0.2, -0.15) is 0 Å². The van der Waals surface area contributed by atoms with Crippen LogP contribution >= 0.6 is 0 Å². The number of fused-ring (bicyclic) bond motifs is 1. The van der Waals surface area contributed by atoms with Gasteiger partial charge in [0.05, 0.1) is 6.04 Å². The lowest BCUT2D eigenvalue weighted by Gasteiger charge is -2.56. The van der Waals surface area contributed by atoms with Gasteiger partial charge in [0, 0.05) is 13.0 Å². The number of hydrogen-bond donors (Lipinski definition) is 4. The SMILES string of the molecule is CCCC1C(C2CCC(CCCCC(=O)NC(C=O)CCCNC(=N)N)C2C)CCC2CCCC[C@@]21C. The second kappa shape index (κ2) is 14.5. The van der Waals surface area contributed by atoms with Crippen molar-refractivity contribution < 1.29 is 9.59 Å². The molecule has 37 heavy (non-hydrogen) atoms. The van der Waals surface area contributed by atoms with Gasteiger partial charge < -0.3 is 21.2 Å². The molecule has 0 aromatic heterocycles. The largest absolute Gasteiger partial charge is 0.370 e. The van der Waals surface area contributed by atoms with E-state index in [0.29, 0.717) is 31.2 Å². The summed E-state index contributed by atoms with van der Waals surface area (Å²) in [4.78, 5) is 23.7. The molecule has 3 fully saturated rings. The predicted octanol–water partition coefficient (Wildman–Crippen LogP) is 6.18. The number of carbonyl (C=O) groups excluding carboxylic acids is 2. The molecule has 3 aliphatic carbocycles. The zero-order valence-electron chi connectivity index (χ0n) is 24.0. The molecule has 6 heteroatoms. The smallest absolute Gasteiger partial charge is 0.220 e. The molecule has 3 rings (SSSR count). The summed E-state index contributed by atoms with van der Waals surface area (Å²) in [6.07, 6.45) is 20.1. The van der Waals surface area contributed by atoms with Crippen LogP contribution in [0.5, 0.6) is 0 Å². The van der Waals surface area contributed by atoms with Gasteiger partial charge in [0.25, 0.3) is 0 Å². The maximum Gasteiger partial charge on any atom is 0.220 e. The molecule has 5 N–H and O–H groups in total. The van der Waals surface area contributed by atoms with E-state index in [4.69, 9.17) is 11.1 Å². The molecule has 6 nitrogen and oxygen atoms in total. The Morgan fingerprint density at radius 2 is 1.86 bits per heavy atom. The first-order valence-electron chi connectivity index (χ1n) is 15.6. The Balaban J connectivity index is 1.41. The van der Waals surface area contributed by atoms with E-state index in [-0.39, 0.29) is 11.9 Å². The number of aldehydes is 1. The summed E-state index contributed by atoms with van der Waals surface area (Å²) in [6, 6.07) is -0.450. The minimum atomic E-state index is -0.450. The molecule has 0 aromatic carbocycles. The Kier molecular flexibility index (Phi) is 11.8. The van der Waals surface area contributed by atoms with Crippen molar-refractivity contribution in [3.8, 4) is 0 Å². The van der Waals surface area contributed by atoms with Crippen LogP contribution in [0.25, 0.3) is 0 Å². The van der Waals surface area contributed by atoms with E-state index in [1.807, 2.05) is 0 Å². The normalized spacial score (nSPS) is 34.4. The van der Waals surface area contributed by atoms with E-state index >= 15 is 0 Å². The fourth-order valence-corrected chi connectivity index (χ4v) is 8.83. The van der Waals surface area contributed by atoms with E-state index in [1.165, 1.54) is 70.6 Å². The van der Waals surface area contributed by atoms with Crippen molar-refractivity contribution in [2.24, 2.45) is 46.7 Å². The molecule has 0 heterocycles. The molecule has 3 saturated carbocycles. The maximum atomic E-state index is 12.4. The van der Waals surface area contributed by atoms with Crippen LogP contribution < -0.4 is 16.4 Å². The molecule has 0 aromatic rings. The maximum absolute atomic E-state index is 12.4. The van der Waals surface area contributed by atoms with Crippen molar-refractivity contribution in [1.29, 1.82) is 5.41 Å². The molecule has 1 amide bonds. The van der Waals surface area contributed by atoms with Gasteiger partial charge in [-0.05, 0) is 105 Å². The van der Waals surface area contributed by atoms with Gasteiger partial charge in [0.15, 0.2) is 5.96 Å². The highest BCUT2D eigenvalue weighted by Gasteiger charge is 2.52. The van der Waals surface area contributed by atoms with E-state index in [2.05, 4.69) is 31.4 Å². The molecule has 212 valence electrons. The Morgan fingerprint density at radius 1 is 1.08 bits per heavy atom. The van der Waals surface area contributed by atoms with Crippen molar-refractivity contribution in [1.82, 2.24) is 10.6 Å². The highest BCUT2D eigenvalue weighted by Crippen LogP contribution is 2.60. The predicted molar refractivity (Wildman–Crippen MR) is 152 cm³/mol. The molecular formula is C31H56N4O2. The third-order valence-electron chi connectivity index (χ3n) is 10.8. The zero-order chi connectivity index (χ0) is 26.8. The Hall–Kier alpha value is -1.59. The number of guanidine groups is 1. The molecule has 0 saturated heterocycles.